The molecule has 0 aromatic carbocycles. The molecule has 0 spiro atoms. The van der Waals surface area contributed by atoms with Crippen LogP contribution in [0.5, 0.6) is 0 Å². The van der Waals surface area contributed by atoms with Crippen molar-refractivity contribution in [3.05, 3.63) is 10.6 Å². The highest BCUT2D eigenvalue weighted by Gasteiger charge is 2.21. The normalized spacial score (nSPS) is 11.3. The third-order valence-corrected chi connectivity index (χ3v) is 3.77. The van der Waals surface area contributed by atoms with Crippen LogP contribution in [0.4, 0.5) is 5.13 Å². The van der Waals surface area contributed by atoms with Crippen LogP contribution >= 0.6 is 11.3 Å². The number of rotatable bonds is 6. The van der Waals surface area contributed by atoms with Gasteiger partial charge in [0.25, 0.3) is 0 Å². The molecule has 0 saturated carbocycles. The zero-order chi connectivity index (χ0) is 13.9. The van der Waals surface area contributed by atoms with Gasteiger partial charge in [-0.05, 0) is 20.0 Å². The minimum Gasteiger partial charge on any atom is -0.477 e. The summed E-state index contributed by atoms with van der Waals surface area (Å²) in [7, 11) is 5.97. The van der Waals surface area contributed by atoms with Crippen LogP contribution in [0.2, 0.25) is 0 Å². The maximum Gasteiger partial charge on any atom is 0.347 e. The highest BCUT2D eigenvalue weighted by Crippen LogP contribution is 2.30. The molecule has 1 aromatic rings. The van der Waals surface area contributed by atoms with Crippen molar-refractivity contribution in [2.75, 3.05) is 39.1 Å². The van der Waals surface area contributed by atoms with Crippen molar-refractivity contribution in [3.8, 4) is 0 Å². The van der Waals surface area contributed by atoms with Gasteiger partial charge in [0.15, 0.2) is 5.13 Å². The van der Waals surface area contributed by atoms with E-state index in [-0.39, 0.29) is 5.92 Å². The van der Waals surface area contributed by atoms with Gasteiger partial charge in [0.1, 0.15) is 4.88 Å². The number of carboxylic acid groups (broad SMARTS) is 1. The number of likely N-dealkylation sites (N-methyl/N-ethyl adjacent to an activating group) is 2. The van der Waals surface area contributed by atoms with E-state index in [0.717, 1.165) is 18.2 Å². The van der Waals surface area contributed by atoms with Gasteiger partial charge >= 0.3 is 5.97 Å². The van der Waals surface area contributed by atoms with Crippen LogP contribution in [-0.2, 0) is 0 Å². The van der Waals surface area contributed by atoms with Crippen molar-refractivity contribution in [2.24, 2.45) is 0 Å². The molecular formula is C12H21N3O2S. The molecule has 0 amide bonds. The minimum absolute atomic E-state index is 0.128. The molecule has 0 unspecified atom stereocenters. The van der Waals surface area contributed by atoms with Gasteiger partial charge in [-0.3, -0.25) is 0 Å². The van der Waals surface area contributed by atoms with Gasteiger partial charge in [0.2, 0.25) is 0 Å². The highest BCUT2D eigenvalue weighted by atomic mass is 32.1. The Balaban J connectivity index is 2.90. The first-order chi connectivity index (χ1) is 8.32. The van der Waals surface area contributed by atoms with Crippen molar-refractivity contribution in [3.63, 3.8) is 0 Å². The molecule has 0 radical (unpaired) electrons. The molecule has 0 aliphatic rings. The Bertz CT molecular complexity index is 415. The van der Waals surface area contributed by atoms with Crippen LogP contribution in [0.1, 0.15) is 35.1 Å². The second kappa shape index (κ2) is 6.15. The molecule has 1 aromatic heterocycles. The molecule has 0 fully saturated rings. The topological polar surface area (TPSA) is 56.7 Å². The number of nitrogens with zero attached hydrogens (tertiary/aromatic N) is 3. The Morgan fingerprint density at radius 1 is 1.33 bits per heavy atom. The van der Waals surface area contributed by atoms with Crippen LogP contribution in [0.3, 0.4) is 0 Å². The summed E-state index contributed by atoms with van der Waals surface area (Å²) in [5.74, 6) is -0.758. The SMILES string of the molecule is CC(C)c1nc(N(C)CCN(C)C)sc1C(=O)O. The summed E-state index contributed by atoms with van der Waals surface area (Å²) < 4.78 is 0. The second-order valence-electron chi connectivity index (χ2n) is 4.90. The first-order valence-electron chi connectivity index (χ1n) is 5.92. The molecule has 0 aliphatic carbocycles. The number of aromatic nitrogens is 1. The lowest BCUT2D eigenvalue weighted by Gasteiger charge is -2.18. The average Bonchev–Trinajstić information content (AvgIpc) is 2.70. The van der Waals surface area contributed by atoms with Crippen LogP contribution in [0.25, 0.3) is 0 Å². The number of anilines is 1. The molecule has 0 saturated heterocycles. The standard InChI is InChI=1S/C12H21N3O2S/c1-8(2)9-10(11(16)17)18-12(13-9)15(5)7-6-14(3)4/h8H,6-7H2,1-5H3,(H,16,17). The smallest absolute Gasteiger partial charge is 0.347 e. The summed E-state index contributed by atoms with van der Waals surface area (Å²) >= 11 is 1.25. The van der Waals surface area contributed by atoms with E-state index in [1.165, 1.54) is 11.3 Å². The molecule has 0 atom stereocenters. The Hall–Kier alpha value is -1.14. The van der Waals surface area contributed by atoms with Crippen molar-refractivity contribution in [1.82, 2.24) is 9.88 Å². The minimum atomic E-state index is -0.886. The summed E-state index contributed by atoms with van der Waals surface area (Å²) in [6.45, 7) is 5.67. The lowest BCUT2D eigenvalue weighted by molar-refractivity contribution is 0.0700. The largest absolute Gasteiger partial charge is 0.477 e. The molecule has 0 aliphatic heterocycles. The Kier molecular flexibility index (Phi) is 5.10. The van der Waals surface area contributed by atoms with Crippen LogP contribution in [0, 0.1) is 0 Å². The van der Waals surface area contributed by atoms with E-state index < -0.39 is 5.97 Å². The van der Waals surface area contributed by atoms with E-state index in [1.54, 1.807) is 0 Å². The van der Waals surface area contributed by atoms with Crippen LogP contribution < -0.4 is 4.90 Å². The van der Waals surface area contributed by atoms with Gasteiger partial charge in [-0.1, -0.05) is 25.2 Å². The third-order valence-electron chi connectivity index (χ3n) is 2.59. The number of hydrogen-bond donors (Lipinski definition) is 1. The number of carbonyl (C=O) groups is 1. The molecule has 1 rings (SSSR count). The van der Waals surface area contributed by atoms with Gasteiger partial charge in [-0.2, -0.15) is 0 Å². The summed E-state index contributed by atoms with van der Waals surface area (Å²) in [6.07, 6.45) is 0. The first-order valence-corrected chi connectivity index (χ1v) is 6.74. The number of hydrogen-bond acceptors (Lipinski definition) is 5. The molecule has 1 N–H and O–H groups in total. The third kappa shape index (κ3) is 3.68. The van der Waals surface area contributed by atoms with E-state index >= 15 is 0 Å². The average molecular weight is 271 g/mol. The maximum atomic E-state index is 11.2. The predicted octanol–water partition coefficient (Wildman–Crippen LogP) is 1.96. The Morgan fingerprint density at radius 2 is 1.94 bits per heavy atom. The Labute approximate surface area is 112 Å². The van der Waals surface area contributed by atoms with Gasteiger partial charge in [0, 0.05) is 20.1 Å². The highest BCUT2D eigenvalue weighted by molar-refractivity contribution is 7.17. The molecule has 5 nitrogen and oxygen atoms in total. The van der Waals surface area contributed by atoms with E-state index in [1.807, 2.05) is 39.9 Å². The van der Waals surface area contributed by atoms with E-state index in [9.17, 15) is 9.90 Å². The predicted molar refractivity (Wildman–Crippen MR) is 75.0 cm³/mol. The molecular weight excluding hydrogens is 250 g/mol. The summed E-state index contributed by atoms with van der Waals surface area (Å²) in [4.78, 5) is 20.1. The molecule has 0 bridgehead atoms. The second-order valence-corrected chi connectivity index (χ2v) is 5.87. The zero-order valence-electron chi connectivity index (χ0n) is 11.6. The van der Waals surface area contributed by atoms with Crippen molar-refractivity contribution in [2.45, 2.75) is 19.8 Å². The lowest BCUT2D eigenvalue weighted by atomic mass is 10.1. The fraction of sp³-hybridized carbons (Fsp3) is 0.667. The van der Waals surface area contributed by atoms with E-state index in [2.05, 4.69) is 9.88 Å². The first kappa shape index (κ1) is 14.9. The molecule has 1 heterocycles. The van der Waals surface area contributed by atoms with Gasteiger partial charge in [-0.25, -0.2) is 9.78 Å². The van der Waals surface area contributed by atoms with Gasteiger partial charge in [-0.15, -0.1) is 0 Å². The Morgan fingerprint density at radius 3 is 2.33 bits per heavy atom. The molecule has 6 heteroatoms. The van der Waals surface area contributed by atoms with Crippen molar-refractivity contribution >= 4 is 22.4 Å². The van der Waals surface area contributed by atoms with E-state index in [4.69, 9.17) is 0 Å². The molecule has 18 heavy (non-hydrogen) atoms. The fourth-order valence-electron chi connectivity index (χ4n) is 1.47. The van der Waals surface area contributed by atoms with Crippen molar-refractivity contribution in [1.29, 1.82) is 0 Å². The summed E-state index contributed by atoms with van der Waals surface area (Å²) in [6, 6.07) is 0. The lowest BCUT2D eigenvalue weighted by Crippen LogP contribution is -2.28. The van der Waals surface area contributed by atoms with E-state index in [0.29, 0.717) is 10.6 Å². The van der Waals surface area contributed by atoms with Crippen molar-refractivity contribution < 1.29 is 9.90 Å². The summed E-state index contributed by atoms with van der Waals surface area (Å²) in [5, 5.41) is 9.95. The summed E-state index contributed by atoms with van der Waals surface area (Å²) in [5.41, 5.74) is 0.680. The zero-order valence-corrected chi connectivity index (χ0v) is 12.4. The van der Waals surface area contributed by atoms with Gasteiger partial charge in [0.05, 0.1) is 5.69 Å². The fourth-order valence-corrected chi connectivity index (χ4v) is 2.52. The number of aromatic carboxylic acids is 1. The van der Waals surface area contributed by atoms with Crippen LogP contribution in [0.15, 0.2) is 0 Å². The molecule has 102 valence electrons. The van der Waals surface area contributed by atoms with Crippen LogP contribution in [-0.4, -0.2) is 55.2 Å². The quantitative estimate of drug-likeness (QED) is 0.857. The maximum absolute atomic E-state index is 11.2. The number of thiazole rings is 1. The number of carboxylic acids is 1. The van der Waals surface area contributed by atoms with Gasteiger partial charge < -0.3 is 14.9 Å². The monoisotopic (exact) mass is 271 g/mol.